The van der Waals surface area contributed by atoms with E-state index in [1.807, 2.05) is 6.26 Å². The second-order valence-corrected chi connectivity index (χ2v) is 7.37. The van der Waals surface area contributed by atoms with Gasteiger partial charge in [-0.25, -0.2) is 0 Å². The van der Waals surface area contributed by atoms with E-state index in [1.165, 1.54) is 11.8 Å². The van der Waals surface area contributed by atoms with Gasteiger partial charge in [-0.05, 0) is 49.7 Å². The van der Waals surface area contributed by atoms with E-state index in [1.54, 1.807) is 12.1 Å². The van der Waals surface area contributed by atoms with E-state index in [0.29, 0.717) is 22.2 Å². The summed E-state index contributed by atoms with van der Waals surface area (Å²) in [5.41, 5.74) is 0.644. The first-order valence-corrected chi connectivity index (χ1v) is 8.95. The molecule has 0 unspecified atom stereocenters. The van der Waals surface area contributed by atoms with Crippen molar-refractivity contribution in [2.75, 3.05) is 25.9 Å². The van der Waals surface area contributed by atoms with Crippen LogP contribution in [-0.2, 0) is 0 Å². The van der Waals surface area contributed by atoms with Crippen molar-refractivity contribution in [3.8, 4) is 0 Å². The van der Waals surface area contributed by atoms with E-state index < -0.39 is 0 Å². The van der Waals surface area contributed by atoms with Gasteiger partial charge in [-0.2, -0.15) is 0 Å². The molecule has 7 heteroatoms. The molecule has 0 aromatic heterocycles. The smallest absolute Gasteiger partial charge is 0.252 e. The Morgan fingerprint density at radius 1 is 1.32 bits per heavy atom. The van der Waals surface area contributed by atoms with Gasteiger partial charge in [0.2, 0.25) is 0 Å². The van der Waals surface area contributed by atoms with E-state index in [2.05, 4.69) is 17.6 Å². The molecule has 124 valence electrons. The predicted molar refractivity (Wildman–Crippen MR) is 98.0 cm³/mol. The number of amides is 1. The highest BCUT2D eigenvalue weighted by molar-refractivity contribution is 7.98. The van der Waals surface area contributed by atoms with Gasteiger partial charge in [0.1, 0.15) is 0 Å². The molecule has 0 spiro atoms. The van der Waals surface area contributed by atoms with Gasteiger partial charge < -0.3 is 10.6 Å². The molecule has 0 atom stereocenters. The van der Waals surface area contributed by atoms with Gasteiger partial charge in [0.05, 0.1) is 15.6 Å². The Morgan fingerprint density at radius 2 is 1.95 bits per heavy atom. The zero-order valence-electron chi connectivity index (χ0n) is 12.7. The summed E-state index contributed by atoms with van der Waals surface area (Å²) in [5, 5.41) is 7.33. The predicted octanol–water partition coefficient (Wildman–Crippen LogP) is 4.26. The maximum Gasteiger partial charge on any atom is 0.252 e. The second kappa shape index (κ2) is 8.65. The second-order valence-electron chi connectivity index (χ2n) is 5.71. The summed E-state index contributed by atoms with van der Waals surface area (Å²) in [6.45, 7) is 4.89. The Kier molecular flexibility index (Phi) is 7.83. The summed E-state index contributed by atoms with van der Waals surface area (Å²) in [7, 11) is 0. The van der Waals surface area contributed by atoms with E-state index >= 15 is 0 Å². The fraction of sp³-hybridized carbons (Fsp3) is 0.533. The summed E-state index contributed by atoms with van der Waals surface area (Å²) in [5.74, 6) is -0.133. The SMILES string of the molecule is CSc1cc(C(=O)NCC2(C)CCNCC2)c(Cl)cc1Cl.Cl. The lowest BCUT2D eigenvalue weighted by Gasteiger charge is -2.34. The first-order valence-electron chi connectivity index (χ1n) is 6.97. The minimum absolute atomic E-state index is 0. The molecule has 0 aliphatic carbocycles. The molecule has 2 rings (SSSR count). The maximum absolute atomic E-state index is 12.4. The molecule has 1 aromatic carbocycles. The number of piperidine rings is 1. The fourth-order valence-corrected chi connectivity index (χ4v) is 3.65. The molecule has 1 amide bonds. The van der Waals surface area contributed by atoms with E-state index in [-0.39, 0.29) is 23.7 Å². The number of hydrogen-bond donors (Lipinski definition) is 2. The molecule has 0 radical (unpaired) electrons. The van der Waals surface area contributed by atoms with Crippen LogP contribution in [0, 0.1) is 5.41 Å². The Bertz CT molecular complexity index is 534. The van der Waals surface area contributed by atoms with Crippen LogP contribution in [0.2, 0.25) is 10.0 Å². The summed E-state index contributed by atoms with van der Waals surface area (Å²) in [6.07, 6.45) is 4.06. The highest BCUT2D eigenvalue weighted by Crippen LogP contribution is 2.31. The lowest BCUT2D eigenvalue weighted by molar-refractivity contribution is 0.0922. The molecule has 0 saturated carbocycles. The lowest BCUT2D eigenvalue weighted by Crippen LogP contribution is -2.42. The van der Waals surface area contributed by atoms with Crippen LogP contribution in [0.5, 0.6) is 0 Å². The van der Waals surface area contributed by atoms with Gasteiger partial charge in [0.15, 0.2) is 0 Å². The highest BCUT2D eigenvalue weighted by atomic mass is 35.5. The molecule has 22 heavy (non-hydrogen) atoms. The first kappa shape index (κ1) is 19.9. The van der Waals surface area contributed by atoms with E-state index in [0.717, 1.165) is 30.8 Å². The van der Waals surface area contributed by atoms with E-state index in [9.17, 15) is 4.79 Å². The third-order valence-corrected chi connectivity index (χ3v) is 5.49. The molecule has 1 aromatic rings. The quantitative estimate of drug-likeness (QED) is 0.763. The average Bonchev–Trinajstić information content (AvgIpc) is 2.46. The molecular weight excluding hydrogens is 363 g/mol. The van der Waals surface area contributed by atoms with Crippen LogP contribution < -0.4 is 10.6 Å². The number of rotatable bonds is 4. The van der Waals surface area contributed by atoms with Crippen molar-refractivity contribution < 1.29 is 4.79 Å². The Hall–Kier alpha value is -0.130. The number of carbonyl (C=O) groups is 1. The number of thioether (sulfide) groups is 1. The number of benzene rings is 1. The van der Waals surface area contributed by atoms with Crippen molar-refractivity contribution in [3.05, 3.63) is 27.7 Å². The van der Waals surface area contributed by atoms with Crippen LogP contribution in [0.4, 0.5) is 0 Å². The van der Waals surface area contributed by atoms with Crippen LogP contribution in [0.1, 0.15) is 30.1 Å². The number of hydrogen-bond acceptors (Lipinski definition) is 3. The summed E-state index contributed by atoms with van der Waals surface area (Å²) in [4.78, 5) is 13.2. The van der Waals surface area contributed by atoms with Crippen molar-refractivity contribution in [3.63, 3.8) is 0 Å². The maximum atomic E-state index is 12.4. The van der Waals surface area contributed by atoms with Crippen molar-refractivity contribution in [1.29, 1.82) is 0 Å². The van der Waals surface area contributed by atoms with Crippen molar-refractivity contribution >= 4 is 53.3 Å². The van der Waals surface area contributed by atoms with Crippen LogP contribution in [-0.4, -0.2) is 31.8 Å². The van der Waals surface area contributed by atoms with E-state index in [4.69, 9.17) is 23.2 Å². The van der Waals surface area contributed by atoms with Gasteiger partial charge >= 0.3 is 0 Å². The van der Waals surface area contributed by atoms with Crippen molar-refractivity contribution in [2.45, 2.75) is 24.7 Å². The van der Waals surface area contributed by atoms with Gasteiger partial charge in [-0.3, -0.25) is 4.79 Å². The topological polar surface area (TPSA) is 41.1 Å². The molecule has 1 fully saturated rings. The molecule has 0 bridgehead atoms. The largest absolute Gasteiger partial charge is 0.351 e. The minimum atomic E-state index is -0.133. The molecule has 1 aliphatic heterocycles. The minimum Gasteiger partial charge on any atom is -0.351 e. The highest BCUT2D eigenvalue weighted by Gasteiger charge is 2.27. The van der Waals surface area contributed by atoms with Gasteiger partial charge in [-0.15, -0.1) is 24.2 Å². The van der Waals surface area contributed by atoms with Gasteiger partial charge in [-0.1, -0.05) is 30.1 Å². The zero-order chi connectivity index (χ0) is 15.5. The fourth-order valence-electron chi connectivity index (χ4n) is 2.46. The average molecular weight is 384 g/mol. The molecule has 3 nitrogen and oxygen atoms in total. The molecule has 1 aliphatic rings. The number of carbonyl (C=O) groups excluding carboxylic acids is 1. The lowest BCUT2D eigenvalue weighted by atomic mass is 9.81. The molecule has 1 heterocycles. The van der Waals surface area contributed by atoms with Gasteiger partial charge in [0, 0.05) is 11.4 Å². The number of halogens is 3. The Labute approximate surface area is 152 Å². The molecular formula is C15H21Cl3N2OS. The standard InChI is InChI=1S/C15H20Cl2N2OS.ClH/c1-15(3-5-18-6-4-15)9-19-14(20)10-7-13(21-2)12(17)8-11(10)16;/h7-8,18H,3-6,9H2,1-2H3,(H,19,20);1H. The van der Waals surface area contributed by atoms with Crippen LogP contribution in [0.3, 0.4) is 0 Å². The first-order chi connectivity index (χ1) is 9.95. The Balaban J connectivity index is 0.00000242. The van der Waals surface area contributed by atoms with Crippen molar-refractivity contribution in [1.82, 2.24) is 10.6 Å². The molecule has 1 saturated heterocycles. The Morgan fingerprint density at radius 3 is 2.55 bits per heavy atom. The third kappa shape index (κ3) is 4.93. The number of nitrogens with one attached hydrogen (secondary N) is 2. The van der Waals surface area contributed by atoms with Crippen LogP contribution in [0.25, 0.3) is 0 Å². The summed E-state index contributed by atoms with van der Waals surface area (Å²) in [6, 6.07) is 3.39. The molecule has 2 N–H and O–H groups in total. The van der Waals surface area contributed by atoms with Crippen LogP contribution in [0.15, 0.2) is 17.0 Å². The third-order valence-electron chi connectivity index (χ3n) is 3.97. The normalized spacial score (nSPS) is 16.7. The summed E-state index contributed by atoms with van der Waals surface area (Å²) < 4.78 is 0. The monoisotopic (exact) mass is 382 g/mol. The van der Waals surface area contributed by atoms with Crippen molar-refractivity contribution in [2.24, 2.45) is 5.41 Å². The van der Waals surface area contributed by atoms with Gasteiger partial charge in [0.25, 0.3) is 5.91 Å². The zero-order valence-corrected chi connectivity index (χ0v) is 15.8. The summed E-state index contributed by atoms with van der Waals surface area (Å²) >= 11 is 13.7. The van der Waals surface area contributed by atoms with Crippen LogP contribution >= 0.6 is 47.4 Å².